The standard InChI is InChI=1S/C20H28FN3O2/c1-20(22)10-3-2-5-17(20)19(26)24-12-4-11-23(13-14-24)18(25)15-6-8-16(21)9-7-15/h6-9,17H,2-5,10-14,22H2,1H3. The Morgan fingerprint density at radius 2 is 1.69 bits per heavy atom. The van der Waals surface area contributed by atoms with Gasteiger partial charge < -0.3 is 15.5 Å². The number of halogens is 1. The van der Waals surface area contributed by atoms with Gasteiger partial charge in [-0.25, -0.2) is 4.39 Å². The first-order valence-electron chi connectivity index (χ1n) is 9.51. The van der Waals surface area contributed by atoms with Gasteiger partial charge in [0, 0.05) is 37.3 Å². The zero-order valence-corrected chi connectivity index (χ0v) is 15.4. The molecular weight excluding hydrogens is 333 g/mol. The number of benzene rings is 1. The maximum absolute atomic E-state index is 13.1. The molecule has 1 saturated carbocycles. The molecule has 3 rings (SSSR count). The summed E-state index contributed by atoms with van der Waals surface area (Å²) in [4.78, 5) is 29.3. The molecule has 142 valence electrons. The number of rotatable bonds is 2. The van der Waals surface area contributed by atoms with Crippen LogP contribution in [0.5, 0.6) is 0 Å². The Labute approximate surface area is 154 Å². The van der Waals surface area contributed by atoms with Gasteiger partial charge in [-0.05, 0) is 50.5 Å². The van der Waals surface area contributed by atoms with E-state index in [0.717, 1.165) is 32.1 Å². The fraction of sp³-hybridized carbons (Fsp3) is 0.600. The van der Waals surface area contributed by atoms with Crippen LogP contribution in [0, 0.1) is 11.7 Å². The first kappa shape index (κ1) is 18.8. The Bertz CT molecular complexity index is 660. The van der Waals surface area contributed by atoms with E-state index in [1.165, 1.54) is 24.3 Å². The molecule has 1 aromatic carbocycles. The Kier molecular flexibility index (Phi) is 5.61. The van der Waals surface area contributed by atoms with Crippen molar-refractivity contribution in [3.05, 3.63) is 35.6 Å². The van der Waals surface area contributed by atoms with E-state index in [4.69, 9.17) is 5.73 Å². The van der Waals surface area contributed by atoms with E-state index in [2.05, 4.69) is 0 Å². The lowest BCUT2D eigenvalue weighted by Crippen LogP contribution is -2.54. The lowest BCUT2D eigenvalue weighted by Gasteiger charge is -2.39. The number of amides is 2. The molecule has 2 atom stereocenters. The van der Waals surface area contributed by atoms with Crippen molar-refractivity contribution in [2.24, 2.45) is 11.7 Å². The molecule has 2 unspecified atom stereocenters. The summed E-state index contributed by atoms with van der Waals surface area (Å²) < 4.78 is 13.1. The zero-order valence-electron chi connectivity index (χ0n) is 15.4. The number of nitrogens with two attached hydrogens (primary N) is 1. The SMILES string of the molecule is CC1(N)CCCCC1C(=O)N1CCCN(C(=O)c2ccc(F)cc2)CC1. The van der Waals surface area contributed by atoms with Gasteiger partial charge in [-0.15, -0.1) is 0 Å². The van der Waals surface area contributed by atoms with Crippen LogP contribution in [0.4, 0.5) is 4.39 Å². The minimum Gasteiger partial charge on any atom is -0.341 e. The molecular formula is C20H28FN3O2. The summed E-state index contributed by atoms with van der Waals surface area (Å²) in [5, 5.41) is 0. The van der Waals surface area contributed by atoms with Crippen LogP contribution in [0.2, 0.25) is 0 Å². The number of carbonyl (C=O) groups excluding carboxylic acids is 2. The van der Waals surface area contributed by atoms with E-state index < -0.39 is 5.54 Å². The highest BCUT2D eigenvalue weighted by Crippen LogP contribution is 2.33. The summed E-state index contributed by atoms with van der Waals surface area (Å²) in [6.45, 7) is 4.26. The molecule has 26 heavy (non-hydrogen) atoms. The van der Waals surface area contributed by atoms with Crippen molar-refractivity contribution < 1.29 is 14.0 Å². The molecule has 2 aliphatic rings. The fourth-order valence-electron chi connectivity index (χ4n) is 4.10. The minimum absolute atomic E-state index is 0.111. The smallest absolute Gasteiger partial charge is 0.253 e. The van der Waals surface area contributed by atoms with Crippen molar-refractivity contribution in [3.8, 4) is 0 Å². The van der Waals surface area contributed by atoms with Crippen molar-refractivity contribution in [1.82, 2.24) is 9.80 Å². The van der Waals surface area contributed by atoms with E-state index in [-0.39, 0.29) is 23.5 Å². The molecule has 0 aromatic heterocycles. The van der Waals surface area contributed by atoms with Crippen molar-refractivity contribution in [3.63, 3.8) is 0 Å². The fourth-order valence-corrected chi connectivity index (χ4v) is 4.10. The second-order valence-corrected chi connectivity index (χ2v) is 7.78. The molecule has 1 heterocycles. The highest BCUT2D eigenvalue weighted by atomic mass is 19.1. The van der Waals surface area contributed by atoms with Gasteiger partial charge in [-0.2, -0.15) is 0 Å². The molecule has 1 aromatic rings. The highest BCUT2D eigenvalue weighted by Gasteiger charge is 2.40. The maximum atomic E-state index is 13.1. The predicted molar refractivity (Wildman–Crippen MR) is 98.1 cm³/mol. The Hall–Kier alpha value is -1.95. The molecule has 1 saturated heterocycles. The second-order valence-electron chi connectivity index (χ2n) is 7.78. The van der Waals surface area contributed by atoms with E-state index in [0.29, 0.717) is 31.7 Å². The Balaban J connectivity index is 1.63. The van der Waals surface area contributed by atoms with Crippen LogP contribution in [0.1, 0.15) is 49.4 Å². The van der Waals surface area contributed by atoms with Crippen molar-refractivity contribution in [1.29, 1.82) is 0 Å². The van der Waals surface area contributed by atoms with Crippen LogP contribution in [0.3, 0.4) is 0 Å². The number of hydrogen-bond donors (Lipinski definition) is 1. The number of carbonyl (C=O) groups is 2. The van der Waals surface area contributed by atoms with Gasteiger partial charge in [0.15, 0.2) is 0 Å². The molecule has 0 radical (unpaired) electrons. The Morgan fingerprint density at radius 3 is 2.38 bits per heavy atom. The van der Waals surface area contributed by atoms with Crippen LogP contribution >= 0.6 is 0 Å². The topological polar surface area (TPSA) is 66.6 Å². The molecule has 6 heteroatoms. The van der Waals surface area contributed by atoms with Gasteiger partial charge in [0.2, 0.25) is 5.91 Å². The van der Waals surface area contributed by atoms with E-state index in [9.17, 15) is 14.0 Å². The van der Waals surface area contributed by atoms with Crippen LogP contribution in [0.25, 0.3) is 0 Å². The first-order valence-corrected chi connectivity index (χ1v) is 9.51. The average Bonchev–Trinajstić information content (AvgIpc) is 2.87. The molecule has 2 fully saturated rings. The third-order valence-corrected chi connectivity index (χ3v) is 5.74. The van der Waals surface area contributed by atoms with Gasteiger partial charge >= 0.3 is 0 Å². The molecule has 2 N–H and O–H groups in total. The zero-order chi connectivity index (χ0) is 18.7. The summed E-state index contributed by atoms with van der Waals surface area (Å²) in [5.74, 6) is -0.464. The highest BCUT2D eigenvalue weighted by molar-refractivity contribution is 5.94. The number of hydrogen-bond acceptors (Lipinski definition) is 3. The third-order valence-electron chi connectivity index (χ3n) is 5.74. The van der Waals surface area contributed by atoms with E-state index in [1.54, 1.807) is 4.90 Å². The summed E-state index contributed by atoms with van der Waals surface area (Å²) >= 11 is 0. The molecule has 1 aliphatic carbocycles. The molecule has 0 bridgehead atoms. The molecule has 5 nitrogen and oxygen atoms in total. The van der Waals surface area contributed by atoms with Crippen molar-refractivity contribution in [2.75, 3.05) is 26.2 Å². The largest absolute Gasteiger partial charge is 0.341 e. The maximum Gasteiger partial charge on any atom is 0.253 e. The lowest BCUT2D eigenvalue weighted by molar-refractivity contribution is -0.138. The monoisotopic (exact) mass is 361 g/mol. The summed E-state index contributed by atoms with van der Waals surface area (Å²) in [5.41, 5.74) is 6.43. The van der Waals surface area contributed by atoms with Gasteiger partial charge in [0.1, 0.15) is 5.82 Å². The normalized spacial score (nSPS) is 27.1. The van der Waals surface area contributed by atoms with Crippen LogP contribution < -0.4 is 5.73 Å². The summed E-state index contributed by atoms with van der Waals surface area (Å²) in [7, 11) is 0. The lowest BCUT2D eigenvalue weighted by atomic mass is 9.74. The second kappa shape index (κ2) is 7.74. The van der Waals surface area contributed by atoms with E-state index in [1.807, 2.05) is 11.8 Å². The molecule has 0 spiro atoms. The first-order chi connectivity index (χ1) is 12.4. The Morgan fingerprint density at radius 1 is 1.04 bits per heavy atom. The van der Waals surface area contributed by atoms with Crippen LogP contribution in [-0.2, 0) is 4.79 Å². The van der Waals surface area contributed by atoms with Crippen molar-refractivity contribution in [2.45, 2.75) is 44.6 Å². The summed E-state index contributed by atoms with van der Waals surface area (Å²) in [6, 6.07) is 5.61. The number of nitrogens with zero attached hydrogens (tertiary/aromatic N) is 2. The van der Waals surface area contributed by atoms with Crippen molar-refractivity contribution >= 4 is 11.8 Å². The van der Waals surface area contributed by atoms with Crippen LogP contribution in [0.15, 0.2) is 24.3 Å². The predicted octanol–water partition coefficient (Wildman–Crippen LogP) is 2.41. The van der Waals surface area contributed by atoms with Gasteiger partial charge in [0.05, 0.1) is 5.92 Å². The molecule has 2 amide bonds. The average molecular weight is 361 g/mol. The molecule has 1 aliphatic heterocycles. The third kappa shape index (κ3) is 4.06. The van der Waals surface area contributed by atoms with Gasteiger partial charge in [0.25, 0.3) is 5.91 Å². The van der Waals surface area contributed by atoms with Gasteiger partial charge in [-0.3, -0.25) is 9.59 Å². The quantitative estimate of drug-likeness (QED) is 0.880. The minimum atomic E-state index is -0.439. The van der Waals surface area contributed by atoms with Crippen LogP contribution in [-0.4, -0.2) is 53.3 Å². The van der Waals surface area contributed by atoms with E-state index >= 15 is 0 Å². The van der Waals surface area contributed by atoms with Gasteiger partial charge in [-0.1, -0.05) is 12.8 Å². The summed E-state index contributed by atoms with van der Waals surface area (Å²) in [6.07, 6.45) is 4.60.